The lowest BCUT2D eigenvalue weighted by molar-refractivity contribution is 0.0505. The van der Waals surface area contributed by atoms with Crippen LogP contribution in [-0.2, 0) is 11.3 Å². The minimum absolute atomic E-state index is 0.0154. The fourth-order valence-electron chi connectivity index (χ4n) is 3.12. The van der Waals surface area contributed by atoms with Gasteiger partial charge in [-0.05, 0) is 37.1 Å². The summed E-state index contributed by atoms with van der Waals surface area (Å²) in [5.41, 5.74) is 2.34. The fourth-order valence-corrected chi connectivity index (χ4v) is 3.12. The van der Waals surface area contributed by atoms with E-state index in [0.29, 0.717) is 25.2 Å². The normalized spacial score (nSPS) is 16.2. The number of benzene rings is 1. The van der Waals surface area contributed by atoms with Gasteiger partial charge in [0.1, 0.15) is 0 Å². The Morgan fingerprint density at radius 3 is 2.88 bits per heavy atom. The molecule has 5 heteroatoms. The van der Waals surface area contributed by atoms with E-state index in [-0.39, 0.29) is 12.0 Å². The van der Waals surface area contributed by atoms with Gasteiger partial charge in [-0.25, -0.2) is 0 Å². The standard InChI is InChI=1S/C21H25N3O2/c1-2-12-23-20-11-4-3-10-19(20)21(25)24(16-18-9-7-14-26-18)15-17-8-5-6-13-22-17/h2-6,8,10-11,13,18,23H,1,7,9,12,14-16H2/t18-/m1/s1. The SMILES string of the molecule is C=CCNc1ccccc1C(=O)N(Cc1ccccn1)C[C@H]1CCCO1. The van der Waals surface area contributed by atoms with Crippen molar-refractivity contribution in [2.45, 2.75) is 25.5 Å². The van der Waals surface area contributed by atoms with Crippen LogP contribution in [0.15, 0.2) is 61.3 Å². The van der Waals surface area contributed by atoms with Crippen molar-refractivity contribution in [3.63, 3.8) is 0 Å². The number of para-hydroxylation sites is 1. The molecule has 5 nitrogen and oxygen atoms in total. The van der Waals surface area contributed by atoms with Crippen LogP contribution >= 0.6 is 0 Å². The second kappa shape index (κ2) is 9.15. The molecule has 0 saturated carbocycles. The Bertz CT molecular complexity index is 727. The molecule has 3 rings (SSSR count). The molecule has 1 aromatic heterocycles. The molecule has 1 aromatic carbocycles. The number of aromatic nitrogens is 1. The summed E-state index contributed by atoms with van der Waals surface area (Å²) < 4.78 is 5.76. The van der Waals surface area contributed by atoms with Gasteiger partial charge in [0.25, 0.3) is 5.91 Å². The summed E-state index contributed by atoms with van der Waals surface area (Å²) in [5.74, 6) is -0.0154. The van der Waals surface area contributed by atoms with Crippen molar-refractivity contribution in [1.82, 2.24) is 9.88 Å². The maximum absolute atomic E-state index is 13.3. The molecule has 1 N–H and O–H groups in total. The average Bonchev–Trinajstić information content (AvgIpc) is 3.19. The molecule has 0 spiro atoms. The number of nitrogens with zero attached hydrogens (tertiary/aromatic N) is 2. The van der Waals surface area contributed by atoms with E-state index in [1.165, 1.54) is 0 Å². The highest BCUT2D eigenvalue weighted by Gasteiger charge is 2.25. The molecule has 2 aromatic rings. The van der Waals surface area contributed by atoms with Crippen molar-refractivity contribution in [2.75, 3.05) is 25.0 Å². The number of anilines is 1. The van der Waals surface area contributed by atoms with Gasteiger partial charge in [-0.15, -0.1) is 6.58 Å². The Balaban J connectivity index is 1.82. The third-order valence-corrected chi connectivity index (χ3v) is 4.41. The first-order valence-corrected chi connectivity index (χ1v) is 9.02. The molecule has 0 bridgehead atoms. The molecule has 1 saturated heterocycles. The van der Waals surface area contributed by atoms with E-state index in [1.54, 1.807) is 12.3 Å². The zero-order chi connectivity index (χ0) is 18.2. The van der Waals surface area contributed by atoms with Crippen LogP contribution in [0.3, 0.4) is 0 Å². The van der Waals surface area contributed by atoms with Crippen molar-refractivity contribution in [3.05, 3.63) is 72.6 Å². The van der Waals surface area contributed by atoms with E-state index in [2.05, 4.69) is 16.9 Å². The van der Waals surface area contributed by atoms with Crippen molar-refractivity contribution in [2.24, 2.45) is 0 Å². The zero-order valence-corrected chi connectivity index (χ0v) is 14.9. The van der Waals surface area contributed by atoms with Gasteiger partial charge in [0.2, 0.25) is 0 Å². The topological polar surface area (TPSA) is 54.5 Å². The summed E-state index contributed by atoms with van der Waals surface area (Å²) in [4.78, 5) is 19.5. The largest absolute Gasteiger partial charge is 0.381 e. The third-order valence-electron chi connectivity index (χ3n) is 4.41. The van der Waals surface area contributed by atoms with Crippen molar-refractivity contribution in [3.8, 4) is 0 Å². The van der Waals surface area contributed by atoms with Crippen LogP contribution < -0.4 is 5.32 Å². The Morgan fingerprint density at radius 2 is 2.15 bits per heavy atom. The number of carbonyl (C=O) groups excluding carboxylic acids is 1. The maximum Gasteiger partial charge on any atom is 0.256 e. The summed E-state index contributed by atoms with van der Waals surface area (Å²) >= 11 is 0. The molecule has 136 valence electrons. The second-order valence-electron chi connectivity index (χ2n) is 6.36. The van der Waals surface area contributed by atoms with E-state index in [4.69, 9.17) is 4.74 Å². The number of nitrogens with one attached hydrogen (secondary N) is 1. The first-order chi connectivity index (χ1) is 12.8. The highest BCUT2D eigenvalue weighted by atomic mass is 16.5. The molecule has 1 aliphatic heterocycles. The van der Waals surface area contributed by atoms with Crippen molar-refractivity contribution >= 4 is 11.6 Å². The summed E-state index contributed by atoms with van der Waals surface area (Å²) in [5, 5.41) is 3.24. The predicted molar refractivity (Wildman–Crippen MR) is 103 cm³/mol. The van der Waals surface area contributed by atoms with Gasteiger partial charge < -0.3 is 15.0 Å². The van der Waals surface area contributed by atoms with Gasteiger partial charge >= 0.3 is 0 Å². The molecule has 0 unspecified atom stereocenters. The van der Waals surface area contributed by atoms with E-state index in [1.807, 2.05) is 47.4 Å². The Morgan fingerprint density at radius 1 is 1.31 bits per heavy atom. The summed E-state index contributed by atoms with van der Waals surface area (Å²) in [6.45, 7) is 6.15. The number of hydrogen-bond donors (Lipinski definition) is 1. The van der Waals surface area contributed by atoms with Crippen LogP contribution in [0, 0.1) is 0 Å². The van der Waals surface area contributed by atoms with Crippen LogP contribution in [0.4, 0.5) is 5.69 Å². The van der Waals surface area contributed by atoms with E-state index >= 15 is 0 Å². The highest BCUT2D eigenvalue weighted by molar-refractivity contribution is 5.99. The van der Waals surface area contributed by atoms with Crippen LogP contribution in [0.5, 0.6) is 0 Å². The van der Waals surface area contributed by atoms with Gasteiger partial charge in [0.05, 0.1) is 23.9 Å². The smallest absolute Gasteiger partial charge is 0.256 e. The molecule has 0 radical (unpaired) electrons. The van der Waals surface area contributed by atoms with Crippen LogP contribution in [0.2, 0.25) is 0 Å². The molecule has 26 heavy (non-hydrogen) atoms. The molecular formula is C21H25N3O2. The second-order valence-corrected chi connectivity index (χ2v) is 6.36. The monoisotopic (exact) mass is 351 g/mol. The lowest BCUT2D eigenvalue weighted by atomic mass is 10.1. The summed E-state index contributed by atoms with van der Waals surface area (Å²) in [6, 6.07) is 13.3. The van der Waals surface area contributed by atoms with Crippen LogP contribution in [0.25, 0.3) is 0 Å². The molecule has 1 amide bonds. The lowest BCUT2D eigenvalue weighted by Crippen LogP contribution is -2.37. The molecule has 1 atom stereocenters. The number of carbonyl (C=O) groups is 1. The molecule has 1 fully saturated rings. The number of rotatable bonds is 8. The Kier molecular flexibility index (Phi) is 6.39. The zero-order valence-electron chi connectivity index (χ0n) is 14.9. The van der Waals surface area contributed by atoms with E-state index < -0.39 is 0 Å². The van der Waals surface area contributed by atoms with Crippen LogP contribution in [0.1, 0.15) is 28.9 Å². The van der Waals surface area contributed by atoms with Gasteiger partial charge in [0, 0.05) is 31.6 Å². The van der Waals surface area contributed by atoms with Gasteiger partial charge in [-0.2, -0.15) is 0 Å². The summed E-state index contributed by atoms with van der Waals surface area (Å²) in [6.07, 6.45) is 5.66. The molecule has 1 aliphatic rings. The number of pyridine rings is 1. The fraction of sp³-hybridized carbons (Fsp3) is 0.333. The first kappa shape index (κ1) is 18.1. The van der Waals surface area contributed by atoms with Gasteiger partial charge in [-0.3, -0.25) is 9.78 Å². The van der Waals surface area contributed by atoms with Crippen LogP contribution in [-0.4, -0.2) is 41.6 Å². The molecule has 2 heterocycles. The number of amides is 1. The minimum atomic E-state index is -0.0154. The minimum Gasteiger partial charge on any atom is -0.381 e. The Labute approximate surface area is 154 Å². The molecular weight excluding hydrogens is 326 g/mol. The third kappa shape index (κ3) is 4.70. The maximum atomic E-state index is 13.3. The quantitative estimate of drug-likeness (QED) is 0.740. The average molecular weight is 351 g/mol. The van der Waals surface area contributed by atoms with E-state index in [0.717, 1.165) is 30.8 Å². The predicted octanol–water partition coefficient (Wildman–Crippen LogP) is 3.50. The van der Waals surface area contributed by atoms with E-state index in [9.17, 15) is 4.79 Å². The van der Waals surface area contributed by atoms with Gasteiger partial charge in [-0.1, -0.05) is 24.3 Å². The van der Waals surface area contributed by atoms with Crippen molar-refractivity contribution in [1.29, 1.82) is 0 Å². The summed E-state index contributed by atoms with van der Waals surface area (Å²) in [7, 11) is 0. The lowest BCUT2D eigenvalue weighted by Gasteiger charge is -2.26. The number of ether oxygens (including phenoxy) is 1. The Hall–Kier alpha value is -2.66. The number of hydrogen-bond acceptors (Lipinski definition) is 4. The van der Waals surface area contributed by atoms with Gasteiger partial charge in [0.15, 0.2) is 0 Å². The highest BCUT2D eigenvalue weighted by Crippen LogP contribution is 2.21. The first-order valence-electron chi connectivity index (χ1n) is 9.02. The molecule has 0 aliphatic carbocycles. The van der Waals surface area contributed by atoms with Crippen molar-refractivity contribution < 1.29 is 9.53 Å².